The maximum atomic E-state index is 13.8. The molecule has 0 radical (unpaired) electrons. The van der Waals surface area contributed by atoms with Gasteiger partial charge in [0, 0.05) is 35.7 Å². The fourth-order valence-electron chi connectivity index (χ4n) is 2.60. The van der Waals surface area contributed by atoms with E-state index in [0.29, 0.717) is 12.2 Å². The van der Waals surface area contributed by atoms with Crippen molar-refractivity contribution in [1.29, 1.82) is 0 Å². The topological polar surface area (TPSA) is 66.5 Å². The minimum Gasteiger partial charge on any atom is -0.354 e. The number of halogens is 1. The Bertz CT molecular complexity index is 935. The summed E-state index contributed by atoms with van der Waals surface area (Å²) in [7, 11) is 0. The molecule has 1 saturated heterocycles. The van der Waals surface area contributed by atoms with E-state index in [1.807, 2.05) is 30.3 Å². The molecule has 0 aromatic heterocycles. The summed E-state index contributed by atoms with van der Waals surface area (Å²) in [4.78, 5) is 38.8. The number of nitrogens with one attached hydrogen (secondary N) is 1. The molecule has 5 nitrogen and oxygen atoms in total. The van der Waals surface area contributed by atoms with Gasteiger partial charge in [-0.1, -0.05) is 36.4 Å². The molecule has 0 atom stereocenters. The Morgan fingerprint density at radius 2 is 1.83 bits per heavy atom. The van der Waals surface area contributed by atoms with Crippen LogP contribution in [0.4, 0.5) is 9.18 Å². The monoisotopic (exact) mass is 430 g/mol. The summed E-state index contributed by atoms with van der Waals surface area (Å²) in [6.45, 7) is 0.261. The van der Waals surface area contributed by atoms with Gasteiger partial charge in [0.15, 0.2) is 0 Å². The van der Waals surface area contributed by atoms with Crippen LogP contribution in [-0.2, 0) is 9.59 Å². The Morgan fingerprint density at radius 1 is 1.10 bits per heavy atom. The summed E-state index contributed by atoms with van der Waals surface area (Å²) in [6, 6.07) is 15.8. The van der Waals surface area contributed by atoms with Crippen molar-refractivity contribution in [3.05, 3.63) is 70.9 Å². The van der Waals surface area contributed by atoms with Crippen molar-refractivity contribution < 1.29 is 18.8 Å². The number of nitrogens with zero attached hydrogens (tertiary/aromatic N) is 1. The second kappa shape index (κ2) is 10.3. The van der Waals surface area contributed by atoms with Crippen molar-refractivity contribution in [1.82, 2.24) is 10.2 Å². The van der Waals surface area contributed by atoms with Crippen LogP contribution < -0.4 is 5.32 Å². The van der Waals surface area contributed by atoms with Crippen molar-refractivity contribution in [2.24, 2.45) is 0 Å². The molecule has 8 heteroatoms. The molecule has 0 aliphatic carbocycles. The Kier molecular flexibility index (Phi) is 7.48. The van der Waals surface area contributed by atoms with Crippen molar-refractivity contribution in [2.75, 3.05) is 18.8 Å². The normalized spacial score (nSPS) is 15.2. The average molecular weight is 431 g/mol. The summed E-state index contributed by atoms with van der Waals surface area (Å²) < 4.78 is 13.8. The number of imide groups is 1. The van der Waals surface area contributed by atoms with Gasteiger partial charge in [-0.05, 0) is 36.0 Å². The van der Waals surface area contributed by atoms with Gasteiger partial charge in [-0.2, -0.15) is 0 Å². The quantitative estimate of drug-likeness (QED) is 0.503. The molecule has 1 heterocycles. The van der Waals surface area contributed by atoms with E-state index in [0.717, 1.165) is 21.6 Å². The van der Waals surface area contributed by atoms with Crippen LogP contribution in [-0.4, -0.2) is 40.8 Å². The molecular formula is C21H19FN2O3S2. The van der Waals surface area contributed by atoms with Crippen LogP contribution in [0.5, 0.6) is 0 Å². The molecule has 0 unspecified atom stereocenters. The SMILES string of the molecule is O=C(CCSc1ccccc1)NCCN1C(=O)S/C(=C\c2ccccc2F)C1=O. The van der Waals surface area contributed by atoms with Crippen LogP contribution in [0, 0.1) is 5.82 Å². The molecule has 1 aliphatic rings. The first-order valence-corrected chi connectivity index (χ1v) is 10.8. The smallest absolute Gasteiger partial charge is 0.293 e. The first kappa shape index (κ1) is 21.1. The van der Waals surface area contributed by atoms with Gasteiger partial charge in [-0.3, -0.25) is 19.3 Å². The van der Waals surface area contributed by atoms with Gasteiger partial charge >= 0.3 is 0 Å². The number of carbonyl (C=O) groups is 3. The molecule has 0 saturated carbocycles. The van der Waals surface area contributed by atoms with E-state index in [2.05, 4.69) is 5.32 Å². The third-order valence-corrected chi connectivity index (χ3v) is 5.99. The molecule has 0 bridgehead atoms. The van der Waals surface area contributed by atoms with Gasteiger partial charge in [-0.25, -0.2) is 4.39 Å². The van der Waals surface area contributed by atoms with E-state index in [4.69, 9.17) is 0 Å². The lowest BCUT2D eigenvalue weighted by molar-refractivity contribution is -0.124. The zero-order valence-electron chi connectivity index (χ0n) is 15.5. The van der Waals surface area contributed by atoms with E-state index in [1.54, 1.807) is 23.9 Å². The average Bonchev–Trinajstić information content (AvgIpc) is 2.98. The highest BCUT2D eigenvalue weighted by atomic mass is 32.2. The van der Waals surface area contributed by atoms with Crippen molar-refractivity contribution in [3.63, 3.8) is 0 Å². The van der Waals surface area contributed by atoms with Crippen LogP contribution in [0.25, 0.3) is 6.08 Å². The van der Waals surface area contributed by atoms with Crippen LogP contribution >= 0.6 is 23.5 Å². The highest BCUT2D eigenvalue weighted by Crippen LogP contribution is 2.32. The van der Waals surface area contributed by atoms with Gasteiger partial charge in [0.25, 0.3) is 11.1 Å². The first-order chi connectivity index (χ1) is 14.0. The summed E-state index contributed by atoms with van der Waals surface area (Å²) in [5.74, 6) is -0.428. The summed E-state index contributed by atoms with van der Waals surface area (Å²) in [5, 5.41) is 2.30. The fraction of sp³-hybridized carbons (Fsp3) is 0.190. The van der Waals surface area contributed by atoms with E-state index in [9.17, 15) is 18.8 Å². The first-order valence-electron chi connectivity index (χ1n) is 8.99. The summed E-state index contributed by atoms with van der Waals surface area (Å²) >= 11 is 2.36. The lowest BCUT2D eigenvalue weighted by atomic mass is 10.2. The Morgan fingerprint density at radius 3 is 2.59 bits per heavy atom. The number of rotatable bonds is 8. The van der Waals surface area contributed by atoms with Crippen molar-refractivity contribution in [2.45, 2.75) is 11.3 Å². The fourth-order valence-corrected chi connectivity index (χ4v) is 4.33. The highest BCUT2D eigenvalue weighted by molar-refractivity contribution is 8.18. The Hall–Kier alpha value is -2.58. The number of amides is 3. The molecule has 2 aromatic carbocycles. The zero-order chi connectivity index (χ0) is 20.6. The minimum atomic E-state index is -0.475. The van der Waals surface area contributed by atoms with E-state index < -0.39 is 17.0 Å². The van der Waals surface area contributed by atoms with Crippen LogP contribution in [0.15, 0.2) is 64.4 Å². The molecule has 2 aromatic rings. The van der Waals surface area contributed by atoms with Crippen LogP contribution in [0.3, 0.4) is 0 Å². The van der Waals surface area contributed by atoms with E-state index >= 15 is 0 Å². The number of carbonyl (C=O) groups excluding carboxylic acids is 3. The third kappa shape index (κ3) is 5.95. The molecule has 29 heavy (non-hydrogen) atoms. The molecule has 3 amide bonds. The molecule has 0 spiro atoms. The Balaban J connectivity index is 1.44. The molecule has 150 valence electrons. The molecular weight excluding hydrogens is 411 g/mol. The van der Waals surface area contributed by atoms with Crippen molar-refractivity contribution >= 4 is 46.7 Å². The third-order valence-electron chi connectivity index (χ3n) is 4.06. The summed E-state index contributed by atoms with van der Waals surface area (Å²) in [6.07, 6.45) is 1.72. The maximum Gasteiger partial charge on any atom is 0.293 e. The molecule has 1 fully saturated rings. The second-order valence-corrected chi connectivity index (χ2v) is 8.28. The lowest BCUT2D eigenvalue weighted by Gasteiger charge is -2.13. The number of hydrogen-bond acceptors (Lipinski definition) is 5. The number of benzene rings is 2. The van der Waals surface area contributed by atoms with Gasteiger partial charge in [-0.15, -0.1) is 11.8 Å². The van der Waals surface area contributed by atoms with Gasteiger partial charge in [0.05, 0.1) is 4.91 Å². The maximum absolute atomic E-state index is 13.8. The molecule has 1 N–H and O–H groups in total. The highest BCUT2D eigenvalue weighted by Gasteiger charge is 2.34. The number of hydrogen-bond donors (Lipinski definition) is 1. The predicted octanol–water partition coefficient (Wildman–Crippen LogP) is 4.16. The Labute approximate surface area is 176 Å². The van der Waals surface area contributed by atoms with E-state index in [-0.39, 0.29) is 29.5 Å². The largest absolute Gasteiger partial charge is 0.354 e. The number of thioether (sulfide) groups is 2. The molecule has 3 rings (SSSR count). The lowest BCUT2D eigenvalue weighted by Crippen LogP contribution is -2.37. The predicted molar refractivity (Wildman–Crippen MR) is 114 cm³/mol. The second-order valence-electron chi connectivity index (χ2n) is 6.12. The standard InChI is InChI=1S/C21H19FN2O3S2/c22-17-9-5-4-6-15(17)14-18-20(26)24(21(27)29-18)12-11-23-19(25)10-13-28-16-7-2-1-3-8-16/h1-9,14H,10-13H2,(H,23,25)/b18-14-. The van der Waals surface area contributed by atoms with Crippen LogP contribution in [0.1, 0.15) is 12.0 Å². The van der Waals surface area contributed by atoms with E-state index in [1.165, 1.54) is 18.2 Å². The van der Waals surface area contributed by atoms with Crippen LogP contribution in [0.2, 0.25) is 0 Å². The van der Waals surface area contributed by atoms with Gasteiger partial charge in [0.1, 0.15) is 5.82 Å². The zero-order valence-corrected chi connectivity index (χ0v) is 17.1. The van der Waals surface area contributed by atoms with Gasteiger partial charge < -0.3 is 5.32 Å². The summed E-state index contributed by atoms with van der Waals surface area (Å²) in [5.41, 5.74) is 0.252. The minimum absolute atomic E-state index is 0.0802. The molecule has 1 aliphatic heterocycles. The van der Waals surface area contributed by atoms with Gasteiger partial charge in [0.2, 0.25) is 5.91 Å². The van der Waals surface area contributed by atoms with Crippen molar-refractivity contribution in [3.8, 4) is 0 Å².